The summed E-state index contributed by atoms with van der Waals surface area (Å²) < 4.78 is 14.0. The summed E-state index contributed by atoms with van der Waals surface area (Å²) in [5.74, 6) is -2.55. The molecule has 1 rings (SSSR count). The van der Waals surface area contributed by atoms with Crippen LogP contribution in [0.3, 0.4) is 0 Å². The normalized spacial score (nSPS) is 11.5. The molecule has 0 aromatic carbocycles. The van der Waals surface area contributed by atoms with Crippen molar-refractivity contribution in [3.8, 4) is 0 Å². The maximum atomic E-state index is 11.8. The van der Waals surface area contributed by atoms with Crippen molar-refractivity contribution >= 4 is 18.2 Å². The molecule has 0 aliphatic rings. The van der Waals surface area contributed by atoms with Crippen molar-refractivity contribution in [2.75, 3.05) is 13.7 Å². The first-order valence-corrected chi connectivity index (χ1v) is 5.86. The minimum atomic E-state index is -1.10. The van der Waals surface area contributed by atoms with Crippen molar-refractivity contribution in [2.24, 2.45) is 0 Å². The quantitative estimate of drug-likeness (QED) is 0.558. The number of hydrogen-bond donors (Lipinski definition) is 0. The van der Waals surface area contributed by atoms with E-state index < -0.39 is 23.5 Å². The van der Waals surface area contributed by atoms with Crippen LogP contribution in [0, 0.1) is 0 Å². The molecule has 0 aliphatic heterocycles. The maximum absolute atomic E-state index is 11.8. The zero-order valence-electron chi connectivity index (χ0n) is 11.1. The van der Waals surface area contributed by atoms with Gasteiger partial charge in [0.15, 0.2) is 0 Å². The molecule has 0 saturated heterocycles. The fraction of sp³-hybridized carbons (Fsp3) is 0.385. The van der Waals surface area contributed by atoms with Crippen LogP contribution in [-0.4, -0.2) is 31.9 Å². The summed E-state index contributed by atoms with van der Waals surface area (Å²) in [5, 5.41) is 0. The summed E-state index contributed by atoms with van der Waals surface area (Å²) in [4.78, 5) is 45.5. The maximum Gasteiger partial charge on any atom is 0.341 e. The molecule has 20 heavy (non-hydrogen) atoms. The number of hydrogen-bond acceptors (Lipinski definition) is 7. The van der Waals surface area contributed by atoms with Crippen LogP contribution in [0.4, 0.5) is 0 Å². The average molecular weight is 282 g/mol. The lowest BCUT2D eigenvalue weighted by atomic mass is 9.97. The lowest BCUT2D eigenvalue weighted by molar-refractivity contribution is -0.145. The average Bonchev–Trinajstić information content (AvgIpc) is 2.45. The standard InChI is InChI=1S/C13H14O7/c1-3-19-12(16)9(4-5-14)10-6-8(11(15)18-2)7-20-13(10)17/h5-7,9H,3-4H2,1-2H3/t9-/m1/s1. The molecule has 0 N–H and O–H groups in total. The molecule has 7 nitrogen and oxygen atoms in total. The van der Waals surface area contributed by atoms with Crippen molar-refractivity contribution in [2.45, 2.75) is 19.3 Å². The second kappa shape index (κ2) is 7.22. The zero-order chi connectivity index (χ0) is 15.1. The van der Waals surface area contributed by atoms with Crippen LogP contribution in [0.1, 0.15) is 35.2 Å². The van der Waals surface area contributed by atoms with Gasteiger partial charge in [-0.15, -0.1) is 0 Å². The van der Waals surface area contributed by atoms with Crippen LogP contribution in [0.25, 0.3) is 0 Å². The highest BCUT2D eigenvalue weighted by Crippen LogP contribution is 2.19. The number of carbonyl (C=O) groups is 3. The second-order valence-electron chi connectivity index (χ2n) is 3.78. The minimum absolute atomic E-state index is 0.0257. The lowest BCUT2D eigenvalue weighted by Crippen LogP contribution is -2.23. The number of ether oxygens (including phenoxy) is 2. The molecule has 0 bridgehead atoms. The molecular weight excluding hydrogens is 268 g/mol. The van der Waals surface area contributed by atoms with E-state index in [-0.39, 0.29) is 24.2 Å². The summed E-state index contributed by atoms with van der Waals surface area (Å²) >= 11 is 0. The lowest BCUT2D eigenvalue weighted by Gasteiger charge is -2.12. The highest BCUT2D eigenvalue weighted by molar-refractivity contribution is 5.89. The van der Waals surface area contributed by atoms with Gasteiger partial charge in [-0.2, -0.15) is 0 Å². The van der Waals surface area contributed by atoms with Gasteiger partial charge in [-0.3, -0.25) is 4.79 Å². The molecule has 0 spiro atoms. The van der Waals surface area contributed by atoms with Crippen LogP contribution in [0.2, 0.25) is 0 Å². The number of aldehydes is 1. The van der Waals surface area contributed by atoms with Gasteiger partial charge in [-0.1, -0.05) is 0 Å². The number of esters is 2. The molecule has 1 atom stereocenters. The Kier molecular flexibility index (Phi) is 5.64. The van der Waals surface area contributed by atoms with Gasteiger partial charge >= 0.3 is 17.6 Å². The molecule has 0 aliphatic carbocycles. The topological polar surface area (TPSA) is 99.9 Å². The molecule has 0 saturated carbocycles. The second-order valence-corrected chi connectivity index (χ2v) is 3.78. The Morgan fingerprint density at radius 2 is 2.15 bits per heavy atom. The van der Waals surface area contributed by atoms with Gasteiger partial charge in [0.25, 0.3) is 0 Å². The fourth-order valence-electron chi connectivity index (χ4n) is 1.60. The van der Waals surface area contributed by atoms with E-state index >= 15 is 0 Å². The molecular formula is C13H14O7. The van der Waals surface area contributed by atoms with E-state index in [0.717, 1.165) is 6.26 Å². The van der Waals surface area contributed by atoms with E-state index in [4.69, 9.17) is 4.74 Å². The summed E-state index contributed by atoms with van der Waals surface area (Å²) in [6.07, 6.45) is 1.18. The van der Waals surface area contributed by atoms with Crippen LogP contribution >= 0.6 is 0 Å². The zero-order valence-corrected chi connectivity index (χ0v) is 11.1. The fourth-order valence-corrected chi connectivity index (χ4v) is 1.60. The van der Waals surface area contributed by atoms with Gasteiger partial charge in [-0.05, 0) is 13.0 Å². The van der Waals surface area contributed by atoms with Crippen LogP contribution in [0.15, 0.2) is 21.5 Å². The molecule has 0 radical (unpaired) electrons. The number of rotatable bonds is 6. The van der Waals surface area contributed by atoms with Crippen LogP contribution in [-0.2, 0) is 19.1 Å². The number of carbonyl (C=O) groups excluding carboxylic acids is 3. The Labute approximate surface area is 114 Å². The molecule has 1 aromatic rings. The summed E-state index contributed by atoms with van der Waals surface area (Å²) in [7, 11) is 1.17. The molecule has 0 unspecified atom stereocenters. The van der Waals surface area contributed by atoms with Gasteiger partial charge in [0.2, 0.25) is 0 Å². The largest absolute Gasteiger partial charge is 0.466 e. The molecule has 7 heteroatoms. The van der Waals surface area contributed by atoms with E-state index in [9.17, 15) is 19.2 Å². The van der Waals surface area contributed by atoms with Gasteiger partial charge in [0.1, 0.15) is 12.5 Å². The van der Waals surface area contributed by atoms with Gasteiger partial charge in [0.05, 0.1) is 30.8 Å². The Balaban J connectivity index is 3.24. The van der Waals surface area contributed by atoms with Crippen molar-refractivity contribution in [3.05, 3.63) is 33.9 Å². The van der Waals surface area contributed by atoms with Crippen LogP contribution in [0.5, 0.6) is 0 Å². The van der Waals surface area contributed by atoms with E-state index in [2.05, 4.69) is 9.15 Å². The van der Waals surface area contributed by atoms with Gasteiger partial charge in [0, 0.05) is 6.42 Å². The number of methoxy groups -OCH3 is 1. The Bertz CT molecular complexity index is 558. The van der Waals surface area contributed by atoms with E-state index in [0.29, 0.717) is 6.29 Å². The first kappa shape index (κ1) is 15.6. The Hall–Kier alpha value is -2.44. The van der Waals surface area contributed by atoms with Crippen molar-refractivity contribution in [3.63, 3.8) is 0 Å². The highest BCUT2D eigenvalue weighted by Gasteiger charge is 2.26. The molecule has 1 heterocycles. The van der Waals surface area contributed by atoms with Crippen molar-refractivity contribution in [1.29, 1.82) is 0 Å². The molecule has 1 aromatic heterocycles. The predicted octanol–water partition coefficient (Wildman–Crippen LogP) is 0.662. The van der Waals surface area contributed by atoms with Gasteiger partial charge in [-0.25, -0.2) is 9.59 Å². The first-order valence-electron chi connectivity index (χ1n) is 5.86. The summed E-state index contributed by atoms with van der Waals surface area (Å²) in [6, 6.07) is 1.17. The third kappa shape index (κ3) is 3.53. The SMILES string of the molecule is CCOC(=O)[C@H](CC=O)c1cc(C(=O)OC)coc1=O. The summed E-state index contributed by atoms with van der Waals surface area (Å²) in [6.45, 7) is 1.71. The van der Waals surface area contributed by atoms with Crippen molar-refractivity contribution < 1.29 is 28.3 Å². The summed E-state index contributed by atoms with van der Waals surface area (Å²) in [5.41, 5.74) is -0.946. The monoisotopic (exact) mass is 282 g/mol. The van der Waals surface area contributed by atoms with Gasteiger partial charge < -0.3 is 18.7 Å². The third-order valence-corrected chi connectivity index (χ3v) is 2.54. The highest BCUT2D eigenvalue weighted by atomic mass is 16.5. The first-order chi connectivity index (χ1) is 9.54. The third-order valence-electron chi connectivity index (χ3n) is 2.54. The van der Waals surface area contributed by atoms with E-state index in [1.807, 2.05) is 0 Å². The van der Waals surface area contributed by atoms with Crippen molar-refractivity contribution in [1.82, 2.24) is 0 Å². The van der Waals surface area contributed by atoms with E-state index in [1.54, 1.807) is 6.92 Å². The molecule has 108 valence electrons. The predicted molar refractivity (Wildman–Crippen MR) is 66.4 cm³/mol. The Morgan fingerprint density at radius 1 is 1.45 bits per heavy atom. The molecule has 0 amide bonds. The van der Waals surface area contributed by atoms with Crippen LogP contribution < -0.4 is 5.63 Å². The minimum Gasteiger partial charge on any atom is -0.466 e. The molecule has 0 fully saturated rings. The smallest absolute Gasteiger partial charge is 0.341 e. The van der Waals surface area contributed by atoms with E-state index in [1.165, 1.54) is 13.2 Å². The Morgan fingerprint density at radius 3 is 2.70 bits per heavy atom.